The zero-order chi connectivity index (χ0) is 16.4. The van der Waals surface area contributed by atoms with E-state index in [4.69, 9.17) is 18.9 Å². The lowest BCUT2D eigenvalue weighted by molar-refractivity contribution is 0.322. The smallest absolute Gasteiger partial charge is 0.203 e. The summed E-state index contributed by atoms with van der Waals surface area (Å²) in [5.41, 5.74) is 3.56. The molecule has 0 aliphatic carbocycles. The number of benzene rings is 2. The van der Waals surface area contributed by atoms with Gasteiger partial charge in [0.2, 0.25) is 5.75 Å². The second kappa shape index (κ2) is 6.50. The van der Waals surface area contributed by atoms with Crippen LogP contribution in [-0.2, 0) is 11.2 Å². The van der Waals surface area contributed by atoms with Crippen molar-refractivity contribution in [2.45, 2.75) is 25.6 Å². The fourth-order valence-electron chi connectivity index (χ4n) is 2.83. The molecule has 0 unspecified atom stereocenters. The molecular formula is C19H22O4. The van der Waals surface area contributed by atoms with Gasteiger partial charge in [0, 0.05) is 0 Å². The maximum atomic E-state index is 5.88. The van der Waals surface area contributed by atoms with Crippen LogP contribution < -0.4 is 14.2 Å². The highest BCUT2D eigenvalue weighted by Crippen LogP contribution is 2.53. The minimum atomic E-state index is 0.0242. The second-order valence-corrected chi connectivity index (χ2v) is 5.53. The Bertz CT molecular complexity index is 653. The molecular weight excluding hydrogens is 292 g/mol. The molecule has 3 rings (SSSR count). The molecule has 1 aliphatic rings. The van der Waals surface area contributed by atoms with E-state index in [9.17, 15) is 0 Å². The molecule has 0 N–H and O–H groups in total. The lowest BCUT2D eigenvalue weighted by Crippen LogP contribution is -1.97. The van der Waals surface area contributed by atoms with Crippen molar-refractivity contribution < 1.29 is 18.9 Å². The standard InChI is InChI=1S/C19H22O4/c1-5-12-6-8-13(9-7-12)17-18(23-17)14-10-15(20-2)19(22-4)16(11-14)21-3/h6-11,17-18H,5H2,1-4H3/t17-,18-/m0/s1. The maximum Gasteiger partial charge on any atom is 0.203 e. The minimum Gasteiger partial charge on any atom is -0.493 e. The largest absolute Gasteiger partial charge is 0.493 e. The third-order valence-corrected chi connectivity index (χ3v) is 4.22. The molecule has 0 amide bonds. The molecule has 0 spiro atoms. The Labute approximate surface area is 136 Å². The van der Waals surface area contributed by atoms with E-state index in [1.165, 1.54) is 11.1 Å². The molecule has 2 aromatic carbocycles. The van der Waals surface area contributed by atoms with Gasteiger partial charge in [0.15, 0.2) is 11.5 Å². The van der Waals surface area contributed by atoms with Crippen molar-refractivity contribution in [3.05, 3.63) is 53.1 Å². The quantitative estimate of drug-likeness (QED) is 0.753. The number of rotatable bonds is 6. The fourth-order valence-corrected chi connectivity index (χ4v) is 2.83. The summed E-state index contributed by atoms with van der Waals surface area (Å²) in [6.45, 7) is 2.15. The molecule has 0 bridgehead atoms. The van der Waals surface area contributed by atoms with Crippen molar-refractivity contribution in [2.75, 3.05) is 21.3 Å². The summed E-state index contributed by atoms with van der Waals surface area (Å²) in [7, 11) is 4.84. The molecule has 1 aliphatic heterocycles. The Hall–Kier alpha value is -2.20. The Morgan fingerprint density at radius 2 is 1.39 bits per heavy atom. The third-order valence-electron chi connectivity index (χ3n) is 4.22. The van der Waals surface area contributed by atoms with E-state index in [0.29, 0.717) is 17.2 Å². The van der Waals surface area contributed by atoms with Crippen LogP contribution in [0.2, 0.25) is 0 Å². The molecule has 1 saturated heterocycles. The van der Waals surface area contributed by atoms with Crippen molar-refractivity contribution >= 4 is 0 Å². The summed E-state index contributed by atoms with van der Waals surface area (Å²) >= 11 is 0. The number of methoxy groups -OCH3 is 3. The second-order valence-electron chi connectivity index (χ2n) is 5.53. The molecule has 23 heavy (non-hydrogen) atoms. The molecule has 1 heterocycles. The van der Waals surface area contributed by atoms with Gasteiger partial charge in [-0.05, 0) is 35.2 Å². The van der Waals surface area contributed by atoms with E-state index in [1.807, 2.05) is 12.1 Å². The first-order valence-corrected chi connectivity index (χ1v) is 7.76. The molecule has 2 atom stereocenters. The normalized spacial score (nSPS) is 19.3. The first kappa shape index (κ1) is 15.7. The van der Waals surface area contributed by atoms with E-state index in [0.717, 1.165) is 12.0 Å². The van der Waals surface area contributed by atoms with E-state index >= 15 is 0 Å². The highest BCUT2D eigenvalue weighted by molar-refractivity contribution is 5.55. The Morgan fingerprint density at radius 3 is 1.87 bits per heavy atom. The summed E-state index contributed by atoms with van der Waals surface area (Å²) in [4.78, 5) is 0. The van der Waals surface area contributed by atoms with E-state index < -0.39 is 0 Å². The zero-order valence-electron chi connectivity index (χ0n) is 14.0. The van der Waals surface area contributed by atoms with E-state index in [-0.39, 0.29) is 12.2 Å². The topological polar surface area (TPSA) is 40.2 Å². The van der Waals surface area contributed by atoms with Gasteiger partial charge in [-0.25, -0.2) is 0 Å². The lowest BCUT2D eigenvalue weighted by atomic mass is 10.0. The van der Waals surface area contributed by atoms with Crippen LogP contribution in [-0.4, -0.2) is 21.3 Å². The number of hydrogen-bond donors (Lipinski definition) is 0. The number of hydrogen-bond acceptors (Lipinski definition) is 4. The Morgan fingerprint density at radius 1 is 0.826 bits per heavy atom. The SMILES string of the molecule is CCc1ccc([C@@H]2O[C@H]2c2cc(OC)c(OC)c(OC)c2)cc1. The van der Waals surface area contributed by atoms with Crippen LogP contribution in [0.5, 0.6) is 17.2 Å². The van der Waals surface area contributed by atoms with E-state index in [1.54, 1.807) is 21.3 Å². The van der Waals surface area contributed by atoms with Crippen molar-refractivity contribution in [1.29, 1.82) is 0 Å². The van der Waals surface area contributed by atoms with Gasteiger partial charge in [-0.15, -0.1) is 0 Å². The van der Waals surface area contributed by atoms with Gasteiger partial charge >= 0.3 is 0 Å². The van der Waals surface area contributed by atoms with Gasteiger partial charge in [0.25, 0.3) is 0 Å². The van der Waals surface area contributed by atoms with Crippen LogP contribution >= 0.6 is 0 Å². The van der Waals surface area contributed by atoms with Crippen LogP contribution in [0.15, 0.2) is 36.4 Å². The first-order chi connectivity index (χ1) is 11.2. The average molecular weight is 314 g/mol. The monoisotopic (exact) mass is 314 g/mol. The van der Waals surface area contributed by atoms with Gasteiger partial charge in [-0.2, -0.15) is 0 Å². The van der Waals surface area contributed by atoms with Crippen LogP contribution in [0, 0.1) is 0 Å². The average Bonchev–Trinajstić information content (AvgIpc) is 3.41. The van der Waals surface area contributed by atoms with Crippen LogP contribution in [0.3, 0.4) is 0 Å². The Kier molecular flexibility index (Phi) is 4.44. The Balaban J connectivity index is 1.85. The van der Waals surface area contributed by atoms with E-state index in [2.05, 4.69) is 31.2 Å². The number of epoxide rings is 1. The van der Waals surface area contributed by atoms with Crippen LogP contribution in [0.4, 0.5) is 0 Å². The van der Waals surface area contributed by atoms with Gasteiger partial charge < -0.3 is 18.9 Å². The molecule has 0 saturated carbocycles. The maximum absolute atomic E-state index is 5.88. The highest BCUT2D eigenvalue weighted by Gasteiger charge is 2.42. The van der Waals surface area contributed by atoms with Crippen LogP contribution in [0.25, 0.3) is 0 Å². The molecule has 0 aromatic heterocycles. The zero-order valence-corrected chi connectivity index (χ0v) is 14.0. The molecule has 122 valence electrons. The van der Waals surface area contributed by atoms with Crippen molar-refractivity contribution in [3.8, 4) is 17.2 Å². The van der Waals surface area contributed by atoms with Gasteiger partial charge in [-0.3, -0.25) is 0 Å². The summed E-state index contributed by atoms with van der Waals surface area (Å²) in [6, 6.07) is 12.5. The predicted octanol–water partition coefficient (Wildman–Crippen LogP) is 4.09. The predicted molar refractivity (Wildman–Crippen MR) is 88.5 cm³/mol. The summed E-state index contributed by atoms with van der Waals surface area (Å²) in [6.07, 6.45) is 1.15. The molecule has 1 fully saturated rings. The van der Waals surface area contributed by atoms with Crippen molar-refractivity contribution in [1.82, 2.24) is 0 Å². The van der Waals surface area contributed by atoms with Crippen molar-refractivity contribution in [3.63, 3.8) is 0 Å². The highest BCUT2D eigenvalue weighted by atomic mass is 16.6. The van der Waals surface area contributed by atoms with Gasteiger partial charge in [0.1, 0.15) is 12.2 Å². The first-order valence-electron chi connectivity index (χ1n) is 7.76. The summed E-state index contributed by atoms with van der Waals surface area (Å²) in [5, 5.41) is 0. The lowest BCUT2D eigenvalue weighted by Gasteiger charge is -2.13. The number of ether oxygens (including phenoxy) is 4. The molecule has 0 radical (unpaired) electrons. The third kappa shape index (κ3) is 2.99. The minimum absolute atomic E-state index is 0.0242. The summed E-state index contributed by atoms with van der Waals surface area (Å²) in [5.74, 6) is 1.90. The molecule has 4 nitrogen and oxygen atoms in total. The molecule has 2 aromatic rings. The summed E-state index contributed by atoms with van der Waals surface area (Å²) < 4.78 is 22.1. The number of aryl methyl sites for hydroxylation is 1. The van der Waals surface area contributed by atoms with Crippen molar-refractivity contribution in [2.24, 2.45) is 0 Å². The van der Waals surface area contributed by atoms with Gasteiger partial charge in [0.05, 0.1) is 21.3 Å². The molecule has 4 heteroatoms. The van der Waals surface area contributed by atoms with Crippen LogP contribution in [0.1, 0.15) is 35.8 Å². The van der Waals surface area contributed by atoms with Gasteiger partial charge in [-0.1, -0.05) is 31.2 Å². The fraction of sp³-hybridized carbons (Fsp3) is 0.368.